The van der Waals surface area contributed by atoms with E-state index in [2.05, 4.69) is 69.8 Å². The van der Waals surface area contributed by atoms with Gasteiger partial charge < -0.3 is 5.32 Å². The summed E-state index contributed by atoms with van der Waals surface area (Å²) in [5, 5.41) is 3.74. The van der Waals surface area contributed by atoms with Crippen LogP contribution in [0.2, 0.25) is 0 Å². The van der Waals surface area contributed by atoms with Crippen LogP contribution in [-0.2, 0) is 19.3 Å². The molecule has 1 aliphatic rings. The van der Waals surface area contributed by atoms with Gasteiger partial charge in [-0.25, -0.2) is 0 Å². The smallest absolute Gasteiger partial charge is 0.0178 e. The first-order chi connectivity index (χ1) is 10.3. The summed E-state index contributed by atoms with van der Waals surface area (Å²) in [5.74, 6) is 0. The van der Waals surface area contributed by atoms with Crippen LogP contribution in [0.5, 0.6) is 0 Å². The number of fused-ring (bicyclic) bond motifs is 1. The molecule has 0 saturated carbocycles. The van der Waals surface area contributed by atoms with E-state index in [1.165, 1.54) is 53.3 Å². The third-order valence-electron chi connectivity index (χ3n) is 4.31. The van der Waals surface area contributed by atoms with E-state index in [4.69, 9.17) is 0 Å². The van der Waals surface area contributed by atoms with Gasteiger partial charge in [0.05, 0.1) is 0 Å². The summed E-state index contributed by atoms with van der Waals surface area (Å²) in [7, 11) is 0. The van der Waals surface area contributed by atoms with E-state index in [0.717, 1.165) is 6.54 Å². The van der Waals surface area contributed by atoms with E-state index in [9.17, 15) is 0 Å². The molecule has 2 aromatic carbocycles. The zero-order valence-electron chi connectivity index (χ0n) is 12.3. The van der Waals surface area contributed by atoms with Crippen LogP contribution in [0, 0.1) is 0 Å². The van der Waals surface area contributed by atoms with Gasteiger partial charge in [-0.1, -0.05) is 52.3 Å². The lowest BCUT2D eigenvalue weighted by Gasteiger charge is -2.26. The fourth-order valence-electron chi connectivity index (χ4n) is 3.14. The van der Waals surface area contributed by atoms with E-state index in [-0.39, 0.29) is 0 Å². The molecule has 0 saturated heterocycles. The van der Waals surface area contributed by atoms with Crippen molar-refractivity contribution in [3.8, 4) is 0 Å². The topological polar surface area (TPSA) is 12.0 Å². The van der Waals surface area contributed by atoms with Gasteiger partial charge in [0.25, 0.3) is 0 Å². The molecule has 0 spiro atoms. The Morgan fingerprint density at radius 2 is 1.90 bits per heavy atom. The number of rotatable bonds is 5. The van der Waals surface area contributed by atoms with Gasteiger partial charge in [-0.05, 0) is 67.5 Å². The summed E-state index contributed by atoms with van der Waals surface area (Å²) < 4.78 is 1.20. The molecule has 1 unspecified atom stereocenters. The van der Waals surface area contributed by atoms with E-state index in [1.54, 1.807) is 0 Å². The Balaban J connectivity index is 1.44. The highest BCUT2D eigenvalue weighted by atomic mass is 79.9. The van der Waals surface area contributed by atoms with Crippen molar-refractivity contribution in [2.45, 2.75) is 38.1 Å². The van der Waals surface area contributed by atoms with Gasteiger partial charge in [-0.2, -0.15) is 0 Å². The Bertz CT molecular complexity index is 579. The lowest BCUT2D eigenvalue weighted by molar-refractivity contribution is 0.454. The van der Waals surface area contributed by atoms with E-state index in [0.29, 0.717) is 6.04 Å². The molecule has 0 heterocycles. The third-order valence-corrected chi connectivity index (χ3v) is 4.81. The lowest BCUT2D eigenvalue weighted by atomic mass is 9.88. The molecule has 0 fully saturated rings. The first-order valence-electron chi connectivity index (χ1n) is 7.86. The second-order valence-electron chi connectivity index (χ2n) is 5.90. The van der Waals surface area contributed by atoms with Gasteiger partial charge in [0.1, 0.15) is 0 Å². The SMILES string of the molecule is Brc1ccc2c(c1)CCC(NCCCc1ccccc1)C2. The largest absolute Gasteiger partial charge is 0.314 e. The fraction of sp³-hybridized carbons (Fsp3) is 0.368. The molecule has 1 nitrogen and oxygen atoms in total. The van der Waals surface area contributed by atoms with Crippen LogP contribution in [0.4, 0.5) is 0 Å². The molecule has 110 valence electrons. The molecule has 21 heavy (non-hydrogen) atoms. The molecular formula is C19H22BrN. The minimum Gasteiger partial charge on any atom is -0.314 e. The number of nitrogens with one attached hydrogen (secondary N) is 1. The molecule has 0 amide bonds. The normalized spacial score (nSPS) is 17.5. The standard InChI is InChI=1S/C19H22BrN/c20-18-10-8-17-14-19(11-9-16(17)13-18)21-12-4-7-15-5-2-1-3-6-15/h1-3,5-6,8,10,13,19,21H,4,7,9,11-12,14H2. The van der Waals surface area contributed by atoms with Crippen molar-refractivity contribution in [2.24, 2.45) is 0 Å². The van der Waals surface area contributed by atoms with Crippen molar-refractivity contribution >= 4 is 15.9 Å². The Hall–Kier alpha value is -1.12. The average molecular weight is 344 g/mol. The fourth-order valence-corrected chi connectivity index (χ4v) is 3.55. The molecule has 1 atom stereocenters. The van der Waals surface area contributed by atoms with Gasteiger partial charge in [-0.3, -0.25) is 0 Å². The van der Waals surface area contributed by atoms with Gasteiger partial charge in [0.15, 0.2) is 0 Å². The molecule has 1 aliphatic carbocycles. The van der Waals surface area contributed by atoms with Gasteiger partial charge in [0, 0.05) is 10.5 Å². The monoisotopic (exact) mass is 343 g/mol. The quantitative estimate of drug-likeness (QED) is 0.786. The second-order valence-corrected chi connectivity index (χ2v) is 6.81. The predicted molar refractivity (Wildman–Crippen MR) is 92.7 cm³/mol. The summed E-state index contributed by atoms with van der Waals surface area (Å²) in [6.07, 6.45) is 6.02. The van der Waals surface area contributed by atoms with Gasteiger partial charge >= 0.3 is 0 Å². The number of hydrogen-bond acceptors (Lipinski definition) is 1. The second kappa shape index (κ2) is 7.24. The number of halogens is 1. The minimum atomic E-state index is 0.648. The maximum Gasteiger partial charge on any atom is 0.0178 e. The summed E-state index contributed by atoms with van der Waals surface area (Å²) in [5.41, 5.74) is 4.48. The molecule has 3 rings (SSSR count). The van der Waals surface area contributed by atoms with Crippen molar-refractivity contribution < 1.29 is 0 Å². The van der Waals surface area contributed by atoms with Crippen LogP contribution >= 0.6 is 15.9 Å². The molecule has 2 aromatic rings. The Labute approximate surface area is 135 Å². The molecular weight excluding hydrogens is 322 g/mol. The molecule has 0 aromatic heterocycles. The van der Waals surface area contributed by atoms with Gasteiger partial charge in [-0.15, -0.1) is 0 Å². The van der Waals surface area contributed by atoms with Crippen LogP contribution < -0.4 is 5.32 Å². The number of benzene rings is 2. The number of hydrogen-bond donors (Lipinski definition) is 1. The maximum absolute atomic E-state index is 3.74. The van der Waals surface area contributed by atoms with Crippen molar-refractivity contribution in [1.82, 2.24) is 5.32 Å². The van der Waals surface area contributed by atoms with Crippen molar-refractivity contribution in [3.05, 3.63) is 69.7 Å². The van der Waals surface area contributed by atoms with Gasteiger partial charge in [0.2, 0.25) is 0 Å². The predicted octanol–water partition coefficient (Wildman–Crippen LogP) is 4.53. The van der Waals surface area contributed by atoms with E-state index >= 15 is 0 Å². The summed E-state index contributed by atoms with van der Waals surface area (Å²) in [6, 6.07) is 18.1. The Morgan fingerprint density at radius 3 is 2.76 bits per heavy atom. The zero-order chi connectivity index (χ0) is 14.5. The Morgan fingerprint density at radius 1 is 1.05 bits per heavy atom. The molecule has 1 N–H and O–H groups in total. The average Bonchev–Trinajstić information content (AvgIpc) is 2.52. The number of aryl methyl sites for hydroxylation is 2. The summed E-state index contributed by atoms with van der Waals surface area (Å²) in [6.45, 7) is 1.12. The van der Waals surface area contributed by atoms with Crippen LogP contribution in [0.1, 0.15) is 29.5 Å². The highest BCUT2D eigenvalue weighted by Gasteiger charge is 2.17. The first-order valence-corrected chi connectivity index (χ1v) is 8.65. The molecule has 0 aliphatic heterocycles. The summed E-state index contributed by atoms with van der Waals surface area (Å²) in [4.78, 5) is 0. The Kier molecular flexibility index (Phi) is 5.10. The lowest BCUT2D eigenvalue weighted by Crippen LogP contribution is -2.35. The van der Waals surface area contributed by atoms with Crippen LogP contribution in [0.15, 0.2) is 53.0 Å². The van der Waals surface area contributed by atoms with Crippen molar-refractivity contribution in [3.63, 3.8) is 0 Å². The minimum absolute atomic E-state index is 0.648. The van der Waals surface area contributed by atoms with Crippen LogP contribution in [0.3, 0.4) is 0 Å². The summed E-state index contributed by atoms with van der Waals surface area (Å²) >= 11 is 3.56. The third kappa shape index (κ3) is 4.18. The molecule has 0 radical (unpaired) electrons. The highest BCUT2D eigenvalue weighted by molar-refractivity contribution is 9.10. The van der Waals surface area contributed by atoms with Crippen LogP contribution in [0.25, 0.3) is 0 Å². The zero-order valence-corrected chi connectivity index (χ0v) is 13.9. The molecule has 2 heteroatoms. The van der Waals surface area contributed by atoms with Crippen molar-refractivity contribution in [2.75, 3.05) is 6.54 Å². The highest BCUT2D eigenvalue weighted by Crippen LogP contribution is 2.24. The van der Waals surface area contributed by atoms with E-state index < -0.39 is 0 Å². The van der Waals surface area contributed by atoms with Crippen LogP contribution in [-0.4, -0.2) is 12.6 Å². The van der Waals surface area contributed by atoms with E-state index in [1.807, 2.05) is 0 Å². The maximum atomic E-state index is 3.74. The van der Waals surface area contributed by atoms with Crippen molar-refractivity contribution in [1.29, 1.82) is 0 Å². The molecule has 0 bridgehead atoms. The first kappa shape index (κ1) is 14.8.